The third-order valence-corrected chi connectivity index (χ3v) is 2.80. The fourth-order valence-electron chi connectivity index (χ4n) is 1.81. The van der Waals surface area contributed by atoms with Gasteiger partial charge in [0.1, 0.15) is 17.1 Å². The van der Waals surface area contributed by atoms with Gasteiger partial charge < -0.3 is 19.7 Å². The van der Waals surface area contributed by atoms with Crippen molar-refractivity contribution in [3.05, 3.63) is 29.3 Å². The van der Waals surface area contributed by atoms with E-state index >= 15 is 0 Å². The summed E-state index contributed by atoms with van der Waals surface area (Å²) in [4.78, 5) is 11.7. The summed E-state index contributed by atoms with van der Waals surface area (Å²) in [6.07, 6.45) is -4.45. The number of carbonyl (C=O) groups is 1. The van der Waals surface area contributed by atoms with Gasteiger partial charge in [0, 0.05) is 11.6 Å². The Morgan fingerprint density at radius 2 is 2.10 bits per heavy atom. The molecule has 5 nitrogen and oxygen atoms in total. The summed E-state index contributed by atoms with van der Waals surface area (Å²) in [5, 5.41) is 19.1. The van der Waals surface area contributed by atoms with E-state index in [9.17, 15) is 28.2 Å². The summed E-state index contributed by atoms with van der Waals surface area (Å²) >= 11 is 0. The summed E-state index contributed by atoms with van der Waals surface area (Å²) in [5.74, 6) is -5.91. The molecule has 0 saturated heterocycles. The van der Waals surface area contributed by atoms with Gasteiger partial charge in [0.05, 0.1) is 6.61 Å². The van der Waals surface area contributed by atoms with E-state index in [1.165, 1.54) is 19.1 Å². The van der Waals surface area contributed by atoms with E-state index < -0.39 is 29.3 Å². The van der Waals surface area contributed by atoms with Crippen molar-refractivity contribution in [1.29, 1.82) is 0 Å². The number of rotatable bonds is 2. The van der Waals surface area contributed by atoms with Gasteiger partial charge >= 0.3 is 17.9 Å². The average molecular weight is 304 g/mol. The maximum absolute atomic E-state index is 13.1. The van der Waals surface area contributed by atoms with Crippen LogP contribution in [0.2, 0.25) is 0 Å². The number of halogens is 3. The van der Waals surface area contributed by atoms with Crippen molar-refractivity contribution in [2.45, 2.75) is 18.9 Å². The summed E-state index contributed by atoms with van der Waals surface area (Å²) < 4.78 is 48.3. The van der Waals surface area contributed by atoms with Crippen LogP contribution in [0, 0.1) is 0 Å². The number of phenolic OH excluding ortho intramolecular Hbond substituents is 1. The summed E-state index contributed by atoms with van der Waals surface area (Å²) in [6.45, 7) is 1.26. The molecular weight excluding hydrogens is 293 g/mol. The second kappa shape index (κ2) is 4.96. The van der Waals surface area contributed by atoms with Gasteiger partial charge in [-0.3, -0.25) is 0 Å². The second-order valence-corrected chi connectivity index (χ2v) is 4.24. The minimum atomic E-state index is -5.27. The highest BCUT2D eigenvalue weighted by atomic mass is 19.4. The number of fused-ring (bicyclic) bond motifs is 1. The first-order valence-corrected chi connectivity index (χ1v) is 5.89. The zero-order valence-corrected chi connectivity index (χ0v) is 10.8. The topological polar surface area (TPSA) is 76.0 Å². The molecule has 0 aromatic heterocycles. The summed E-state index contributed by atoms with van der Waals surface area (Å²) in [6, 6.07) is 3.36. The third-order valence-electron chi connectivity index (χ3n) is 2.80. The number of ether oxygens (including phenoxy) is 2. The van der Waals surface area contributed by atoms with E-state index in [0.717, 1.165) is 12.1 Å². The Morgan fingerprint density at radius 1 is 1.43 bits per heavy atom. The Labute approximate surface area is 117 Å². The lowest BCUT2D eigenvalue weighted by atomic mass is 9.98. The molecule has 0 radical (unpaired) electrons. The van der Waals surface area contributed by atoms with Crippen LogP contribution in [0.15, 0.2) is 23.8 Å². The molecule has 0 spiro atoms. The van der Waals surface area contributed by atoms with Crippen LogP contribution in [0.1, 0.15) is 12.5 Å². The van der Waals surface area contributed by atoms with Crippen LogP contribution < -0.4 is 4.74 Å². The Kier molecular flexibility index (Phi) is 3.58. The van der Waals surface area contributed by atoms with Crippen LogP contribution in [0.4, 0.5) is 13.2 Å². The van der Waals surface area contributed by atoms with Crippen LogP contribution in [-0.4, -0.2) is 34.8 Å². The molecule has 1 aliphatic heterocycles. The Bertz CT molecular complexity index is 608. The molecule has 0 fully saturated rings. The number of hydrogen-bond donors (Lipinski definition) is 2. The monoisotopic (exact) mass is 304 g/mol. The molecule has 0 bridgehead atoms. The molecule has 1 unspecified atom stereocenters. The van der Waals surface area contributed by atoms with Crippen molar-refractivity contribution in [3.8, 4) is 11.5 Å². The second-order valence-electron chi connectivity index (χ2n) is 4.24. The van der Waals surface area contributed by atoms with Gasteiger partial charge in [-0.05, 0) is 25.1 Å². The number of aliphatic hydroxyl groups is 1. The largest absolute Gasteiger partial charge is 0.508 e. The van der Waals surface area contributed by atoms with Crippen LogP contribution in [0.3, 0.4) is 0 Å². The average Bonchev–Trinajstić information content (AvgIpc) is 2.36. The molecule has 1 atom stereocenters. The normalized spacial score (nSPS) is 21.1. The highest BCUT2D eigenvalue weighted by molar-refractivity contribution is 5.97. The number of carbonyl (C=O) groups excluding carboxylic acids is 1. The lowest BCUT2D eigenvalue weighted by Crippen LogP contribution is -2.55. The van der Waals surface area contributed by atoms with E-state index in [2.05, 4.69) is 9.47 Å². The molecule has 2 N–H and O–H groups in total. The molecule has 0 saturated carbocycles. The highest BCUT2D eigenvalue weighted by Crippen LogP contribution is 2.44. The van der Waals surface area contributed by atoms with Gasteiger partial charge in [-0.25, -0.2) is 4.79 Å². The number of esters is 1. The lowest BCUT2D eigenvalue weighted by Gasteiger charge is -2.35. The summed E-state index contributed by atoms with van der Waals surface area (Å²) in [7, 11) is 0. The Morgan fingerprint density at radius 3 is 2.67 bits per heavy atom. The molecule has 0 amide bonds. The van der Waals surface area contributed by atoms with Crippen molar-refractivity contribution in [2.24, 2.45) is 0 Å². The molecule has 8 heteroatoms. The summed E-state index contributed by atoms with van der Waals surface area (Å²) in [5.41, 5.74) is -0.972. The molecular formula is C13H11F3O5. The van der Waals surface area contributed by atoms with Gasteiger partial charge in [-0.15, -0.1) is 0 Å². The molecule has 1 heterocycles. The predicted octanol–water partition coefficient (Wildman–Crippen LogP) is 1.98. The first-order chi connectivity index (χ1) is 9.69. The van der Waals surface area contributed by atoms with Crippen molar-refractivity contribution in [3.63, 3.8) is 0 Å². The molecule has 0 aliphatic carbocycles. The number of phenols is 1. The molecule has 1 aromatic carbocycles. The molecule has 114 valence electrons. The first-order valence-electron chi connectivity index (χ1n) is 5.89. The van der Waals surface area contributed by atoms with E-state index in [1.807, 2.05) is 0 Å². The van der Waals surface area contributed by atoms with Crippen LogP contribution >= 0.6 is 0 Å². The minimum Gasteiger partial charge on any atom is -0.508 e. The van der Waals surface area contributed by atoms with Crippen molar-refractivity contribution >= 4 is 12.0 Å². The van der Waals surface area contributed by atoms with E-state index in [1.54, 1.807) is 0 Å². The number of benzene rings is 1. The Hall–Kier alpha value is -2.22. The smallest absolute Gasteiger partial charge is 0.460 e. The van der Waals surface area contributed by atoms with Gasteiger partial charge in [0.25, 0.3) is 0 Å². The van der Waals surface area contributed by atoms with Crippen LogP contribution in [0.25, 0.3) is 6.08 Å². The van der Waals surface area contributed by atoms with Crippen molar-refractivity contribution < 1.29 is 37.7 Å². The molecule has 1 aromatic rings. The van der Waals surface area contributed by atoms with Gasteiger partial charge in [-0.2, -0.15) is 13.2 Å². The Balaban J connectivity index is 2.59. The van der Waals surface area contributed by atoms with E-state index in [-0.39, 0.29) is 17.9 Å². The van der Waals surface area contributed by atoms with Gasteiger partial charge in [0.2, 0.25) is 0 Å². The van der Waals surface area contributed by atoms with Crippen LogP contribution in [0.5, 0.6) is 11.5 Å². The van der Waals surface area contributed by atoms with Gasteiger partial charge in [0.15, 0.2) is 0 Å². The number of aromatic hydroxyl groups is 1. The van der Waals surface area contributed by atoms with Crippen molar-refractivity contribution in [2.75, 3.05) is 6.61 Å². The first kappa shape index (κ1) is 15.2. The van der Waals surface area contributed by atoms with E-state index in [4.69, 9.17) is 0 Å². The van der Waals surface area contributed by atoms with Crippen LogP contribution in [-0.2, 0) is 9.53 Å². The number of alkyl halides is 3. The van der Waals surface area contributed by atoms with E-state index in [0.29, 0.717) is 0 Å². The van der Waals surface area contributed by atoms with Gasteiger partial charge in [-0.1, -0.05) is 0 Å². The quantitative estimate of drug-likeness (QED) is 0.817. The standard InChI is InChI=1S/C13H11F3O5/c1-2-20-11(18)9-5-7-3-4-8(17)6-10(7)21-12(9,19)13(14,15)16/h3-6,17,19H,2H2,1H3. The molecule has 21 heavy (non-hydrogen) atoms. The predicted molar refractivity (Wildman–Crippen MR) is 64.3 cm³/mol. The fraction of sp³-hybridized carbons (Fsp3) is 0.308. The zero-order valence-electron chi connectivity index (χ0n) is 10.8. The highest BCUT2D eigenvalue weighted by Gasteiger charge is 2.63. The molecule has 1 aliphatic rings. The maximum Gasteiger partial charge on any atom is 0.460 e. The number of hydrogen-bond acceptors (Lipinski definition) is 5. The fourth-order valence-corrected chi connectivity index (χ4v) is 1.81. The maximum atomic E-state index is 13.1. The zero-order chi connectivity index (χ0) is 15.8. The SMILES string of the molecule is CCOC(=O)C1=Cc2ccc(O)cc2OC1(O)C(F)(F)F. The minimum absolute atomic E-state index is 0.102. The lowest BCUT2D eigenvalue weighted by molar-refractivity contribution is -0.316. The van der Waals surface area contributed by atoms with Crippen molar-refractivity contribution in [1.82, 2.24) is 0 Å². The molecule has 2 rings (SSSR count). The third kappa shape index (κ3) is 2.54.